The smallest absolute Gasteiger partial charge is 0.367 e. The van der Waals surface area contributed by atoms with E-state index >= 15 is 0 Å². The number of nitrogens with one attached hydrogen (secondary N) is 1. The summed E-state index contributed by atoms with van der Waals surface area (Å²) in [5.74, 6) is -2.20. The van der Waals surface area contributed by atoms with E-state index in [2.05, 4.69) is 77.8 Å². The standard InChI is InChI=1S/C16H14F2I3NO6S/c17-16(18,29(25,26)27)7-28-15(24)8-1-3-10(4-2-8)22-14(23)11-5-9(19)6-12(20)13(11)21/h1,3,5-6,8,10H,2,4,7H2,(H,22,23)(H,25,26,27)/p-1. The molecule has 29 heavy (non-hydrogen) atoms. The number of hydrogen-bond donors (Lipinski definition) is 1. The van der Waals surface area contributed by atoms with Gasteiger partial charge < -0.3 is 14.6 Å². The molecule has 13 heteroatoms. The predicted octanol–water partition coefficient (Wildman–Crippen LogP) is 3.25. The van der Waals surface area contributed by atoms with E-state index in [1.807, 2.05) is 6.07 Å². The highest BCUT2D eigenvalue weighted by atomic mass is 127. The molecule has 0 saturated carbocycles. The number of carbonyl (C=O) groups excluding carboxylic acids is 2. The second-order valence-corrected chi connectivity index (χ2v) is 11.1. The highest BCUT2D eigenvalue weighted by Crippen LogP contribution is 2.25. The van der Waals surface area contributed by atoms with Crippen molar-refractivity contribution in [1.82, 2.24) is 5.32 Å². The molecule has 160 valence electrons. The first kappa shape index (κ1) is 25.1. The zero-order chi connectivity index (χ0) is 22.0. The summed E-state index contributed by atoms with van der Waals surface area (Å²) in [5.41, 5.74) is 0.526. The molecule has 0 fully saturated rings. The van der Waals surface area contributed by atoms with E-state index < -0.39 is 33.9 Å². The van der Waals surface area contributed by atoms with Crippen LogP contribution in [0.3, 0.4) is 0 Å². The Morgan fingerprint density at radius 3 is 2.41 bits per heavy atom. The van der Waals surface area contributed by atoms with Crippen LogP contribution in [0.2, 0.25) is 0 Å². The van der Waals surface area contributed by atoms with Gasteiger partial charge in [0, 0.05) is 16.8 Å². The molecule has 1 aromatic rings. The van der Waals surface area contributed by atoms with Gasteiger partial charge in [0.1, 0.15) is 0 Å². The fourth-order valence-corrected chi connectivity index (χ4v) is 5.04. The summed E-state index contributed by atoms with van der Waals surface area (Å²) in [6, 6.07) is 3.34. The van der Waals surface area contributed by atoms with Gasteiger partial charge in [0.25, 0.3) is 5.91 Å². The van der Waals surface area contributed by atoms with E-state index in [1.54, 1.807) is 12.1 Å². The Hall–Kier alpha value is -0.140. The fourth-order valence-electron chi connectivity index (χ4n) is 2.44. The molecule has 0 aromatic heterocycles. The van der Waals surface area contributed by atoms with Gasteiger partial charge in [0.2, 0.25) is 0 Å². The Bertz CT molecular complexity index is 954. The number of halogens is 5. The molecule has 1 aliphatic rings. The first-order valence-electron chi connectivity index (χ1n) is 7.95. The summed E-state index contributed by atoms with van der Waals surface area (Å²) in [6.45, 7) is -1.83. The molecular formula is C16H13F2I3NO6S-. The van der Waals surface area contributed by atoms with E-state index in [4.69, 9.17) is 0 Å². The molecule has 1 N–H and O–H groups in total. The molecule has 1 aromatic carbocycles. The van der Waals surface area contributed by atoms with Gasteiger partial charge in [-0.2, -0.15) is 8.78 Å². The average Bonchev–Trinajstić information content (AvgIpc) is 2.62. The predicted molar refractivity (Wildman–Crippen MR) is 123 cm³/mol. The lowest BCUT2D eigenvalue weighted by Gasteiger charge is -2.24. The average molecular weight is 766 g/mol. The van der Waals surface area contributed by atoms with Crippen LogP contribution in [0.1, 0.15) is 23.2 Å². The first-order chi connectivity index (χ1) is 13.3. The SMILES string of the molecule is O=C(NC1C=CC(C(=O)OCC(F)(F)S(=O)(=O)[O-])CC1)c1cc(I)cc(I)c1I. The highest BCUT2D eigenvalue weighted by Gasteiger charge is 2.40. The van der Waals surface area contributed by atoms with Crippen LogP contribution in [0.4, 0.5) is 8.78 Å². The Kier molecular flexibility index (Phi) is 8.65. The summed E-state index contributed by atoms with van der Waals surface area (Å²) in [4.78, 5) is 24.4. The Morgan fingerprint density at radius 1 is 1.21 bits per heavy atom. The summed E-state index contributed by atoms with van der Waals surface area (Å²) < 4.78 is 64.4. The quantitative estimate of drug-likeness (QED) is 0.157. The van der Waals surface area contributed by atoms with Gasteiger partial charge in [0.15, 0.2) is 16.7 Å². The van der Waals surface area contributed by atoms with Crippen LogP contribution in [0.25, 0.3) is 0 Å². The molecule has 7 nitrogen and oxygen atoms in total. The van der Waals surface area contributed by atoms with Gasteiger partial charge in [-0.1, -0.05) is 12.2 Å². The van der Waals surface area contributed by atoms with E-state index in [0.29, 0.717) is 12.0 Å². The third-order valence-electron chi connectivity index (χ3n) is 3.97. The molecule has 0 saturated heterocycles. The Morgan fingerprint density at radius 2 is 1.86 bits per heavy atom. The molecule has 0 spiro atoms. The van der Waals surface area contributed by atoms with E-state index in [9.17, 15) is 31.3 Å². The summed E-state index contributed by atoms with van der Waals surface area (Å²) in [6.07, 6.45) is 3.53. The lowest BCUT2D eigenvalue weighted by atomic mass is 9.92. The minimum absolute atomic E-state index is 0.205. The van der Waals surface area contributed by atoms with Crippen molar-refractivity contribution in [3.63, 3.8) is 0 Å². The maximum Gasteiger partial charge on any atom is 0.367 e. The summed E-state index contributed by atoms with van der Waals surface area (Å²) >= 11 is 6.34. The molecule has 0 bridgehead atoms. The van der Waals surface area contributed by atoms with Gasteiger partial charge in [-0.25, -0.2) is 8.42 Å². The number of benzene rings is 1. The van der Waals surface area contributed by atoms with Crippen molar-refractivity contribution in [3.8, 4) is 0 Å². The number of carbonyl (C=O) groups is 2. The number of alkyl halides is 2. The number of ether oxygens (including phenoxy) is 1. The van der Waals surface area contributed by atoms with Crippen LogP contribution in [0.15, 0.2) is 24.3 Å². The molecule has 1 amide bonds. The lowest BCUT2D eigenvalue weighted by Crippen LogP contribution is -2.38. The topological polar surface area (TPSA) is 113 Å². The van der Waals surface area contributed by atoms with Crippen molar-refractivity contribution < 1.29 is 36.1 Å². The maximum absolute atomic E-state index is 13.1. The minimum Gasteiger partial charge on any atom is -0.743 e. The number of hydrogen-bond acceptors (Lipinski definition) is 6. The number of esters is 1. The molecular weight excluding hydrogens is 753 g/mol. The van der Waals surface area contributed by atoms with E-state index in [0.717, 1.165) is 10.7 Å². The van der Waals surface area contributed by atoms with Gasteiger partial charge in [-0.05, 0) is 92.7 Å². The molecule has 2 rings (SSSR count). The largest absolute Gasteiger partial charge is 0.743 e. The third-order valence-corrected chi connectivity index (χ3v) is 8.49. The van der Waals surface area contributed by atoms with Crippen LogP contribution in [0, 0.1) is 16.6 Å². The normalized spacial score (nSPS) is 19.7. The second kappa shape index (κ2) is 9.99. The van der Waals surface area contributed by atoms with Crippen molar-refractivity contribution >= 4 is 89.8 Å². The highest BCUT2D eigenvalue weighted by molar-refractivity contribution is 14.1. The van der Waals surface area contributed by atoms with Gasteiger partial charge in [-0.3, -0.25) is 9.59 Å². The zero-order valence-corrected chi connectivity index (χ0v) is 21.6. The van der Waals surface area contributed by atoms with Gasteiger partial charge in [0.05, 0.1) is 11.5 Å². The Labute approximate surface area is 206 Å². The summed E-state index contributed by atoms with van der Waals surface area (Å²) in [5, 5.41) is -1.85. The molecule has 0 heterocycles. The van der Waals surface area contributed by atoms with Crippen molar-refractivity contribution in [2.45, 2.75) is 24.1 Å². The zero-order valence-electron chi connectivity index (χ0n) is 14.3. The van der Waals surface area contributed by atoms with Crippen LogP contribution in [-0.4, -0.2) is 42.8 Å². The lowest BCUT2D eigenvalue weighted by molar-refractivity contribution is -0.153. The van der Waals surface area contributed by atoms with Crippen LogP contribution in [-0.2, 0) is 19.6 Å². The van der Waals surface area contributed by atoms with Gasteiger partial charge in [-0.15, -0.1) is 0 Å². The molecule has 1 aliphatic carbocycles. The number of rotatable bonds is 6. The van der Waals surface area contributed by atoms with E-state index in [1.165, 1.54) is 6.08 Å². The third kappa shape index (κ3) is 6.67. The van der Waals surface area contributed by atoms with Crippen molar-refractivity contribution in [3.05, 3.63) is 40.6 Å². The van der Waals surface area contributed by atoms with Crippen LogP contribution in [0.5, 0.6) is 0 Å². The van der Waals surface area contributed by atoms with Crippen molar-refractivity contribution in [2.75, 3.05) is 6.61 Å². The molecule has 2 unspecified atom stereocenters. The minimum atomic E-state index is -5.91. The van der Waals surface area contributed by atoms with Crippen LogP contribution < -0.4 is 5.32 Å². The van der Waals surface area contributed by atoms with Crippen molar-refractivity contribution in [2.24, 2.45) is 5.92 Å². The molecule has 2 atom stereocenters. The fraction of sp³-hybridized carbons (Fsp3) is 0.375. The van der Waals surface area contributed by atoms with Crippen LogP contribution >= 0.6 is 67.8 Å². The second-order valence-electron chi connectivity index (χ2n) is 6.10. The maximum atomic E-state index is 13.1. The number of amides is 1. The Balaban J connectivity index is 1.96. The summed E-state index contributed by atoms with van der Waals surface area (Å²) in [7, 11) is -5.91. The van der Waals surface area contributed by atoms with Gasteiger partial charge >= 0.3 is 11.2 Å². The first-order valence-corrected chi connectivity index (χ1v) is 12.6. The molecule has 0 aliphatic heterocycles. The molecule has 0 radical (unpaired) electrons. The van der Waals surface area contributed by atoms with E-state index in [-0.39, 0.29) is 18.4 Å². The van der Waals surface area contributed by atoms with Crippen molar-refractivity contribution in [1.29, 1.82) is 0 Å². The monoisotopic (exact) mass is 766 g/mol.